The molecular formula is C31H29N3O5. The van der Waals surface area contributed by atoms with Gasteiger partial charge in [-0.3, -0.25) is 14.5 Å². The predicted molar refractivity (Wildman–Crippen MR) is 147 cm³/mol. The molecule has 0 spiro atoms. The Balaban J connectivity index is 1.56. The number of carbonyl (C=O) groups excluding carboxylic acids is 2. The number of amides is 2. The minimum absolute atomic E-state index is 0.133. The van der Waals surface area contributed by atoms with Gasteiger partial charge in [0.1, 0.15) is 11.5 Å². The van der Waals surface area contributed by atoms with Crippen LogP contribution in [0.1, 0.15) is 54.8 Å². The van der Waals surface area contributed by atoms with Gasteiger partial charge in [-0.2, -0.15) is 0 Å². The minimum Gasteiger partial charge on any atom is -0.478 e. The highest BCUT2D eigenvalue weighted by atomic mass is 16.4. The lowest BCUT2D eigenvalue weighted by Crippen LogP contribution is -2.33. The average molecular weight is 524 g/mol. The average Bonchev–Trinajstić information content (AvgIpc) is 3.59. The molecular weight excluding hydrogens is 494 g/mol. The second-order valence-corrected chi connectivity index (χ2v) is 10.6. The van der Waals surface area contributed by atoms with E-state index in [1.165, 1.54) is 17.9 Å². The summed E-state index contributed by atoms with van der Waals surface area (Å²) in [4.78, 5) is 39.2. The van der Waals surface area contributed by atoms with E-state index < -0.39 is 11.9 Å². The number of aromatic carboxylic acids is 1. The van der Waals surface area contributed by atoms with Crippen LogP contribution in [0.5, 0.6) is 0 Å². The Hall–Kier alpha value is -4.59. The van der Waals surface area contributed by atoms with Gasteiger partial charge < -0.3 is 19.4 Å². The maximum absolute atomic E-state index is 13.7. The second-order valence-electron chi connectivity index (χ2n) is 10.6. The first-order valence-electron chi connectivity index (χ1n) is 13.1. The monoisotopic (exact) mass is 523 g/mol. The zero-order valence-corrected chi connectivity index (χ0v) is 22.0. The number of imide groups is 1. The summed E-state index contributed by atoms with van der Waals surface area (Å²) in [5.41, 5.74) is 4.57. The number of rotatable bonds is 6. The van der Waals surface area contributed by atoms with Crippen molar-refractivity contribution in [3.05, 3.63) is 89.0 Å². The smallest absolute Gasteiger partial charge is 0.336 e. The molecule has 0 saturated carbocycles. The number of nitrogens with one attached hydrogen (secondary N) is 1. The molecule has 2 aromatic heterocycles. The molecule has 198 valence electrons. The van der Waals surface area contributed by atoms with E-state index in [0.717, 1.165) is 35.1 Å². The minimum atomic E-state index is -1.05. The number of carbonyl (C=O) groups is 3. The molecule has 2 N–H and O–H groups in total. The lowest BCUT2D eigenvalue weighted by molar-refractivity contribution is -0.139. The number of nitrogens with zero attached hydrogens (tertiary/aromatic N) is 2. The fourth-order valence-electron chi connectivity index (χ4n) is 5.69. The number of hydrogen-bond donors (Lipinski definition) is 2. The van der Waals surface area contributed by atoms with Gasteiger partial charge in [0.05, 0.1) is 29.1 Å². The SMILES string of the molecule is CC(=O)N1CC2=C(C1=O)[C@@H](c1ccc(-c3ccccc3C(=O)O)o1)c1cn(CCC(C)C)c3cccc(c13)N2. The topological polar surface area (TPSA) is 105 Å². The zero-order valence-electron chi connectivity index (χ0n) is 22.0. The van der Waals surface area contributed by atoms with Crippen molar-refractivity contribution in [3.63, 3.8) is 0 Å². The molecule has 4 heterocycles. The summed E-state index contributed by atoms with van der Waals surface area (Å²) in [6, 6.07) is 16.3. The predicted octanol–water partition coefficient (Wildman–Crippen LogP) is 5.85. The molecule has 0 saturated heterocycles. The lowest BCUT2D eigenvalue weighted by Gasteiger charge is -2.17. The van der Waals surface area contributed by atoms with E-state index in [1.54, 1.807) is 30.3 Å². The van der Waals surface area contributed by atoms with Crippen LogP contribution < -0.4 is 5.32 Å². The summed E-state index contributed by atoms with van der Waals surface area (Å²) in [5, 5.41) is 14.2. The van der Waals surface area contributed by atoms with Crippen molar-refractivity contribution in [1.29, 1.82) is 0 Å². The third-order valence-electron chi connectivity index (χ3n) is 7.60. The molecule has 6 rings (SSSR count). The third kappa shape index (κ3) is 4.03. The van der Waals surface area contributed by atoms with Gasteiger partial charge in [-0.15, -0.1) is 0 Å². The van der Waals surface area contributed by atoms with Gasteiger partial charge in [0.15, 0.2) is 0 Å². The lowest BCUT2D eigenvalue weighted by atomic mass is 9.88. The van der Waals surface area contributed by atoms with E-state index in [-0.39, 0.29) is 23.9 Å². The molecule has 8 heteroatoms. The van der Waals surface area contributed by atoms with Crippen molar-refractivity contribution in [1.82, 2.24) is 9.47 Å². The van der Waals surface area contributed by atoms with E-state index in [1.807, 2.05) is 12.1 Å². The van der Waals surface area contributed by atoms with Gasteiger partial charge in [0, 0.05) is 42.0 Å². The molecule has 39 heavy (non-hydrogen) atoms. The molecule has 0 fully saturated rings. The first-order valence-corrected chi connectivity index (χ1v) is 13.1. The molecule has 8 nitrogen and oxygen atoms in total. The van der Waals surface area contributed by atoms with E-state index in [2.05, 4.69) is 36.0 Å². The quantitative estimate of drug-likeness (QED) is 0.329. The van der Waals surface area contributed by atoms with Crippen LogP contribution in [0.2, 0.25) is 0 Å². The molecule has 1 atom stereocenters. The molecule has 0 unspecified atom stereocenters. The molecule has 0 radical (unpaired) electrons. The third-order valence-corrected chi connectivity index (χ3v) is 7.60. The number of aromatic nitrogens is 1. The fraction of sp³-hybridized carbons (Fsp3) is 0.258. The highest BCUT2D eigenvalue weighted by molar-refractivity contribution is 6.11. The van der Waals surface area contributed by atoms with E-state index in [0.29, 0.717) is 34.3 Å². The number of hydrogen-bond acceptors (Lipinski definition) is 5. The van der Waals surface area contributed by atoms with E-state index in [4.69, 9.17) is 4.42 Å². The number of furan rings is 1. The van der Waals surface area contributed by atoms with Crippen LogP contribution in [-0.2, 0) is 16.1 Å². The number of carboxylic acid groups (broad SMARTS) is 1. The van der Waals surface area contributed by atoms with Crippen LogP contribution in [0.3, 0.4) is 0 Å². The second kappa shape index (κ2) is 9.31. The normalized spacial score (nSPS) is 16.6. The highest BCUT2D eigenvalue weighted by Crippen LogP contribution is 2.47. The molecule has 2 aliphatic rings. The maximum Gasteiger partial charge on any atom is 0.336 e. The van der Waals surface area contributed by atoms with E-state index >= 15 is 0 Å². The summed E-state index contributed by atoms with van der Waals surface area (Å²) in [7, 11) is 0. The van der Waals surface area contributed by atoms with Crippen molar-refractivity contribution in [2.45, 2.75) is 39.7 Å². The summed E-state index contributed by atoms with van der Waals surface area (Å²) in [5.74, 6) is -0.868. The first kappa shape index (κ1) is 24.7. The molecule has 2 aromatic carbocycles. The summed E-state index contributed by atoms with van der Waals surface area (Å²) < 4.78 is 8.59. The molecule has 0 aliphatic carbocycles. The molecule has 0 bridgehead atoms. The Labute approximate surface area is 225 Å². The maximum atomic E-state index is 13.7. The number of aryl methyl sites for hydroxylation is 1. The van der Waals surface area contributed by atoms with Crippen LogP contribution in [0, 0.1) is 5.92 Å². The molecule has 2 aliphatic heterocycles. The Bertz CT molecular complexity index is 1690. The van der Waals surface area contributed by atoms with E-state index in [9.17, 15) is 19.5 Å². The van der Waals surface area contributed by atoms with Crippen LogP contribution in [0.15, 0.2) is 76.5 Å². The number of carboxylic acids is 1. The van der Waals surface area contributed by atoms with Crippen molar-refractivity contribution in [3.8, 4) is 11.3 Å². The molecule has 4 aromatic rings. The van der Waals surface area contributed by atoms with Crippen molar-refractivity contribution >= 4 is 34.4 Å². The summed E-state index contributed by atoms with van der Waals surface area (Å²) in [6.07, 6.45) is 3.09. The largest absolute Gasteiger partial charge is 0.478 e. The zero-order chi connectivity index (χ0) is 27.4. The number of benzene rings is 2. The summed E-state index contributed by atoms with van der Waals surface area (Å²) in [6.45, 7) is 6.75. The van der Waals surface area contributed by atoms with Crippen LogP contribution in [0.25, 0.3) is 22.2 Å². The van der Waals surface area contributed by atoms with Crippen LogP contribution in [0.4, 0.5) is 5.69 Å². The number of anilines is 1. The van der Waals surface area contributed by atoms with Crippen molar-refractivity contribution in [2.75, 3.05) is 11.9 Å². The van der Waals surface area contributed by atoms with Crippen LogP contribution in [-0.4, -0.2) is 38.9 Å². The van der Waals surface area contributed by atoms with Crippen molar-refractivity contribution in [2.24, 2.45) is 5.92 Å². The van der Waals surface area contributed by atoms with Gasteiger partial charge in [0.2, 0.25) is 5.91 Å². The van der Waals surface area contributed by atoms with Gasteiger partial charge in [-0.1, -0.05) is 38.1 Å². The summed E-state index contributed by atoms with van der Waals surface area (Å²) >= 11 is 0. The Kier molecular flexibility index (Phi) is 5.90. The highest BCUT2D eigenvalue weighted by Gasteiger charge is 2.43. The van der Waals surface area contributed by atoms with Gasteiger partial charge in [-0.05, 0) is 48.2 Å². The van der Waals surface area contributed by atoms with Crippen LogP contribution >= 0.6 is 0 Å². The van der Waals surface area contributed by atoms with Gasteiger partial charge in [0.25, 0.3) is 5.91 Å². The van der Waals surface area contributed by atoms with Crippen molar-refractivity contribution < 1.29 is 23.9 Å². The first-order chi connectivity index (χ1) is 18.7. The Morgan fingerprint density at radius 2 is 1.90 bits per heavy atom. The van der Waals surface area contributed by atoms with Gasteiger partial charge in [-0.25, -0.2) is 4.79 Å². The van der Waals surface area contributed by atoms with Gasteiger partial charge >= 0.3 is 5.97 Å². The Morgan fingerprint density at radius 3 is 2.64 bits per heavy atom. The fourth-order valence-corrected chi connectivity index (χ4v) is 5.69. The Morgan fingerprint density at radius 1 is 1.10 bits per heavy atom. The molecule has 2 amide bonds. The standard InChI is InChI=1S/C31H29N3O5/c1-17(2)13-14-33-15-21-27-22(9-6-10-24(27)33)32-23-16-34(18(3)35)30(36)29(23)28(21)26-12-11-25(39-26)19-7-4-5-8-20(19)31(37)38/h4-12,15,17,28,32H,13-14,16H2,1-3H3,(H,37,38)/t28-/m1/s1.